The number of benzene rings is 2. The van der Waals surface area contributed by atoms with Crippen LogP contribution in [-0.2, 0) is 4.79 Å². The Labute approximate surface area is 194 Å². The molecule has 178 valence electrons. The molecule has 2 fully saturated rings. The number of nitrogens with one attached hydrogen (secondary N) is 4. The average Bonchev–Trinajstić information content (AvgIpc) is 3.28. The van der Waals surface area contributed by atoms with Crippen LogP contribution in [0.2, 0.25) is 0 Å². The normalized spacial score (nSPS) is 24.1. The summed E-state index contributed by atoms with van der Waals surface area (Å²) in [5, 5.41) is 8.76. The number of halogens is 3. The Hall–Kier alpha value is -3.49. The maximum atomic E-state index is 14.5. The van der Waals surface area contributed by atoms with E-state index in [4.69, 9.17) is 0 Å². The van der Waals surface area contributed by atoms with Crippen molar-refractivity contribution in [1.82, 2.24) is 20.9 Å². The lowest BCUT2D eigenvalue weighted by Gasteiger charge is -2.36. The minimum Gasteiger partial charge on any atom is -0.354 e. The molecule has 1 saturated heterocycles. The molecule has 1 aliphatic heterocycles. The van der Waals surface area contributed by atoms with Crippen molar-refractivity contribution in [2.24, 2.45) is 5.92 Å². The molecule has 0 spiro atoms. The standard InChI is InChI=1S/C25H25F3N4O2/c1-25(6-7-29-23(25)33)32-24(34)30-12-13-8-15(9-13)20-18-10-17(27)11-19(28)22(18)31-21(20)14-2-4-16(26)5-3-14/h2-5,10-11,13,15,31H,6-9,12H2,1H3,(H,29,33)(H2,30,32,34)/t13-,15-,25?. The minimum absolute atomic E-state index is 0.0305. The first-order valence-electron chi connectivity index (χ1n) is 11.3. The van der Waals surface area contributed by atoms with Crippen LogP contribution in [0.1, 0.15) is 37.7 Å². The second-order valence-electron chi connectivity index (χ2n) is 9.44. The molecule has 1 aromatic heterocycles. The fourth-order valence-corrected chi connectivity index (χ4v) is 5.03. The van der Waals surface area contributed by atoms with Gasteiger partial charge in [0.15, 0.2) is 0 Å². The Balaban J connectivity index is 1.31. The number of carbonyl (C=O) groups is 2. The van der Waals surface area contributed by atoms with Crippen LogP contribution in [0.25, 0.3) is 22.2 Å². The van der Waals surface area contributed by atoms with E-state index in [0.717, 1.165) is 24.5 Å². The van der Waals surface area contributed by atoms with Crippen LogP contribution in [0.4, 0.5) is 18.0 Å². The summed E-state index contributed by atoms with van der Waals surface area (Å²) in [7, 11) is 0. The zero-order valence-corrected chi connectivity index (χ0v) is 18.6. The largest absolute Gasteiger partial charge is 0.354 e. The van der Waals surface area contributed by atoms with E-state index in [0.29, 0.717) is 36.2 Å². The number of H-pyrrole nitrogens is 1. The summed E-state index contributed by atoms with van der Waals surface area (Å²) < 4.78 is 42.0. The number of amides is 3. The van der Waals surface area contributed by atoms with Gasteiger partial charge < -0.3 is 20.9 Å². The predicted molar refractivity (Wildman–Crippen MR) is 122 cm³/mol. The molecule has 3 amide bonds. The highest BCUT2D eigenvalue weighted by atomic mass is 19.1. The number of urea groups is 1. The number of hydrogen-bond acceptors (Lipinski definition) is 2. The summed E-state index contributed by atoms with van der Waals surface area (Å²) in [6, 6.07) is 7.65. The third-order valence-electron chi connectivity index (χ3n) is 6.99. The first-order valence-corrected chi connectivity index (χ1v) is 11.3. The lowest BCUT2D eigenvalue weighted by Crippen LogP contribution is -2.55. The van der Waals surface area contributed by atoms with Crippen LogP contribution in [0.5, 0.6) is 0 Å². The number of carbonyl (C=O) groups excluding carboxylic acids is 2. The Kier molecular flexibility index (Phi) is 5.50. The van der Waals surface area contributed by atoms with Crippen molar-refractivity contribution in [3.63, 3.8) is 0 Å². The van der Waals surface area contributed by atoms with E-state index in [1.165, 1.54) is 18.2 Å². The second-order valence-corrected chi connectivity index (χ2v) is 9.44. The maximum Gasteiger partial charge on any atom is 0.315 e. The zero-order valence-electron chi connectivity index (χ0n) is 18.6. The van der Waals surface area contributed by atoms with Crippen molar-refractivity contribution in [2.45, 2.75) is 37.6 Å². The van der Waals surface area contributed by atoms with Crippen LogP contribution >= 0.6 is 0 Å². The van der Waals surface area contributed by atoms with Crippen molar-refractivity contribution in [3.8, 4) is 11.3 Å². The lowest BCUT2D eigenvalue weighted by molar-refractivity contribution is -0.123. The molecule has 1 saturated carbocycles. The van der Waals surface area contributed by atoms with Gasteiger partial charge in [0.25, 0.3) is 0 Å². The van der Waals surface area contributed by atoms with Gasteiger partial charge >= 0.3 is 6.03 Å². The van der Waals surface area contributed by atoms with Crippen LogP contribution < -0.4 is 16.0 Å². The minimum atomic E-state index is -0.908. The topological polar surface area (TPSA) is 86.0 Å². The van der Waals surface area contributed by atoms with Gasteiger partial charge in [0, 0.05) is 24.5 Å². The molecule has 2 heterocycles. The average molecular weight is 470 g/mol. The van der Waals surface area contributed by atoms with Gasteiger partial charge in [-0.3, -0.25) is 4.79 Å². The number of aromatic nitrogens is 1. The van der Waals surface area contributed by atoms with Gasteiger partial charge in [-0.15, -0.1) is 0 Å². The predicted octanol–water partition coefficient (Wildman–Crippen LogP) is 4.32. The van der Waals surface area contributed by atoms with Crippen molar-refractivity contribution in [2.75, 3.05) is 13.1 Å². The highest BCUT2D eigenvalue weighted by Gasteiger charge is 2.39. The third kappa shape index (κ3) is 3.99. The van der Waals surface area contributed by atoms with E-state index in [1.807, 2.05) is 0 Å². The number of hydrogen-bond donors (Lipinski definition) is 4. The number of rotatable bonds is 5. The van der Waals surface area contributed by atoms with Gasteiger partial charge in [0.2, 0.25) is 5.91 Å². The van der Waals surface area contributed by atoms with E-state index in [9.17, 15) is 22.8 Å². The molecule has 4 N–H and O–H groups in total. The van der Waals surface area contributed by atoms with Crippen molar-refractivity contribution in [3.05, 3.63) is 59.4 Å². The van der Waals surface area contributed by atoms with Gasteiger partial charge in [-0.2, -0.15) is 0 Å². The molecular weight excluding hydrogens is 445 g/mol. The molecule has 9 heteroatoms. The number of fused-ring (bicyclic) bond motifs is 1. The number of aromatic amines is 1. The fourth-order valence-electron chi connectivity index (χ4n) is 5.03. The Morgan fingerprint density at radius 3 is 2.53 bits per heavy atom. The summed E-state index contributed by atoms with van der Waals surface area (Å²) in [5.74, 6) is -1.69. The molecule has 0 radical (unpaired) electrons. The lowest BCUT2D eigenvalue weighted by atomic mass is 9.70. The van der Waals surface area contributed by atoms with Crippen molar-refractivity contribution >= 4 is 22.8 Å². The molecule has 2 aromatic carbocycles. The van der Waals surface area contributed by atoms with Gasteiger partial charge in [-0.1, -0.05) is 0 Å². The van der Waals surface area contributed by atoms with Gasteiger partial charge in [0.1, 0.15) is 23.0 Å². The van der Waals surface area contributed by atoms with E-state index in [1.54, 1.807) is 19.1 Å². The molecule has 34 heavy (non-hydrogen) atoms. The van der Waals surface area contributed by atoms with E-state index >= 15 is 0 Å². The van der Waals surface area contributed by atoms with Crippen molar-refractivity contribution < 1.29 is 22.8 Å². The SMILES string of the molecule is CC1(NC(=O)NC[C@H]2C[C@H](c3c(-c4ccc(F)cc4)[nH]c4c(F)cc(F)cc43)C2)CCNC1=O. The summed E-state index contributed by atoms with van der Waals surface area (Å²) in [6.07, 6.45) is 1.97. The molecule has 2 aliphatic rings. The van der Waals surface area contributed by atoms with Gasteiger partial charge in [0.05, 0.1) is 11.2 Å². The molecule has 5 rings (SSSR count). The smallest absolute Gasteiger partial charge is 0.315 e. The first kappa shape index (κ1) is 22.3. The molecule has 1 atom stereocenters. The molecular formula is C25H25F3N4O2. The van der Waals surface area contributed by atoms with Gasteiger partial charge in [-0.25, -0.2) is 18.0 Å². The Bertz CT molecular complexity index is 1270. The zero-order chi connectivity index (χ0) is 24.0. The molecule has 3 aromatic rings. The molecule has 6 nitrogen and oxygen atoms in total. The van der Waals surface area contributed by atoms with Gasteiger partial charge in [-0.05, 0) is 79.5 Å². The van der Waals surface area contributed by atoms with Crippen LogP contribution in [0.15, 0.2) is 36.4 Å². The summed E-state index contributed by atoms with van der Waals surface area (Å²) >= 11 is 0. The summed E-state index contributed by atoms with van der Waals surface area (Å²) in [4.78, 5) is 27.3. The van der Waals surface area contributed by atoms with E-state index in [2.05, 4.69) is 20.9 Å². The van der Waals surface area contributed by atoms with Crippen LogP contribution in [0, 0.1) is 23.4 Å². The summed E-state index contributed by atoms with van der Waals surface area (Å²) in [5.41, 5.74) is 1.45. The monoisotopic (exact) mass is 470 g/mol. The quantitative estimate of drug-likeness (QED) is 0.448. The van der Waals surface area contributed by atoms with E-state index in [-0.39, 0.29) is 29.1 Å². The maximum absolute atomic E-state index is 14.5. The fraction of sp³-hybridized carbons (Fsp3) is 0.360. The summed E-state index contributed by atoms with van der Waals surface area (Å²) in [6.45, 7) is 2.65. The van der Waals surface area contributed by atoms with Crippen LogP contribution in [-0.4, -0.2) is 35.6 Å². The first-order chi connectivity index (χ1) is 16.2. The van der Waals surface area contributed by atoms with Crippen molar-refractivity contribution in [1.29, 1.82) is 0 Å². The molecule has 1 unspecified atom stereocenters. The van der Waals surface area contributed by atoms with E-state index < -0.39 is 23.2 Å². The Morgan fingerprint density at radius 1 is 1.12 bits per heavy atom. The third-order valence-corrected chi connectivity index (χ3v) is 6.99. The second kappa shape index (κ2) is 8.38. The highest BCUT2D eigenvalue weighted by Crippen LogP contribution is 2.48. The Morgan fingerprint density at radius 2 is 1.85 bits per heavy atom. The molecule has 0 bridgehead atoms. The van der Waals surface area contributed by atoms with Crippen LogP contribution in [0.3, 0.4) is 0 Å². The highest BCUT2D eigenvalue weighted by molar-refractivity contribution is 5.93. The molecule has 1 aliphatic carbocycles.